The van der Waals surface area contributed by atoms with Crippen molar-refractivity contribution in [3.8, 4) is 5.69 Å². The molecule has 160 valence electrons. The van der Waals surface area contributed by atoms with Gasteiger partial charge in [-0.2, -0.15) is 9.78 Å². The number of carbonyl (C=O) groups is 2. The van der Waals surface area contributed by atoms with Crippen molar-refractivity contribution in [3.05, 3.63) is 99.7 Å². The van der Waals surface area contributed by atoms with Crippen LogP contribution in [-0.2, 0) is 9.53 Å². The lowest BCUT2D eigenvalue weighted by Crippen LogP contribution is -2.26. The molecule has 0 atom stereocenters. The summed E-state index contributed by atoms with van der Waals surface area (Å²) in [5.41, 5.74) is -0.168. The first-order valence-electron chi connectivity index (χ1n) is 9.43. The van der Waals surface area contributed by atoms with Crippen LogP contribution in [0.25, 0.3) is 16.5 Å². The fourth-order valence-corrected chi connectivity index (χ4v) is 3.22. The number of rotatable bonds is 5. The van der Waals surface area contributed by atoms with Gasteiger partial charge < -0.3 is 10.1 Å². The van der Waals surface area contributed by atoms with Crippen molar-refractivity contribution in [1.29, 1.82) is 0 Å². The van der Waals surface area contributed by atoms with Gasteiger partial charge in [0, 0.05) is 10.4 Å². The zero-order valence-electron chi connectivity index (χ0n) is 16.4. The molecule has 0 saturated heterocycles. The van der Waals surface area contributed by atoms with Crippen LogP contribution >= 0.6 is 11.6 Å². The average molecular weight is 452 g/mol. The lowest BCUT2D eigenvalue weighted by molar-refractivity contribution is -0.119. The van der Waals surface area contributed by atoms with Crippen molar-refractivity contribution in [2.45, 2.75) is 0 Å². The number of hydrogen-bond acceptors (Lipinski definition) is 5. The van der Waals surface area contributed by atoms with Gasteiger partial charge in [0.25, 0.3) is 11.5 Å². The molecule has 0 aliphatic heterocycles. The van der Waals surface area contributed by atoms with Crippen molar-refractivity contribution >= 4 is 39.9 Å². The Bertz CT molecular complexity index is 1390. The number of aromatic nitrogens is 2. The molecule has 0 fully saturated rings. The third-order valence-electron chi connectivity index (χ3n) is 4.54. The van der Waals surface area contributed by atoms with E-state index in [1.54, 1.807) is 54.6 Å². The summed E-state index contributed by atoms with van der Waals surface area (Å²) in [5, 5.41) is 7.22. The normalized spacial score (nSPS) is 10.7. The smallest absolute Gasteiger partial charge is 0.359 e. The number of nitrogens with zero attached hydrogens (tertiary/aromatic N) is 2. The fraction of sp³-hybridized carbons (Fsp3) is 0.0435. The van der Waals surface area contributed by atoms with E-state index >= 15 is 0 Å². The second kappa shape index (κ2) is 8.99. The van der Waals surface area contributed by atoms with Crippen LogP contribution in [0.15, 0.2) is 77.6 Å². The van der Waals surface area contributed by atoms with Crippen molar-refractivity contribution in [1.82, 2.24) is 9.78 Å². The van der Waals surface area contributed by atoms with Crippen molar-refractivity contribution in [2.75, 3.05) is 11.9 Å². The fourth-order valence-electron chi connectivity index (χ4n) is 3.06. The Morgan fingerprint density at radius 1 is 1.00 bits per heavy atom. The molecule has 7 nitrogen and oxygen atoms in total. The Morgan fingerprint density at radius 2 is 1.69 bits per heavy atom. The van der Waals surface area contributed by atoms with Crippen molar-refractivity contribution in [2.24, 2.45) is 0 Å². The third-order valence-corrected chi connectivity index (χ3v) is 4.77. The molecule has 0 aliphatic carbocycles. The molecule has 1 amide bonds. The number of ether oxygens (including phenoxy) is 1. The highest BCUT2D eigenvalue weighted by Gasteiger charge is 2.20. The monoisotopic (exact) mass is 451 g/mol. The molecule has 0 saturated carbocycles. The van der Waals surface area contributed by atoms with Crippen LogP contribution in [0.1, 0.15) is 10.5 Å². The predicted molar refractivity (Wildman–Crippen MR) is 118 cm³/mol. The van der Waals surface area contributed by atoms with E-state index in [0.717, 1.165) is 10.7 Å². The minimum Gasteiger partial charge on any atom is -0.451 e. The predicted octanol–water partition coefficient (Wildman–Crippen LogP) is 3.97. The maximum atomic E-state index is 13.8. The van der Waals surface area contributed by atoms with Gasteiger partial charge in [0.2, 0.25) is 0 Å². The minimum atomic E-state index is -0.905. The Hall–Kier alpha value is -4.04. The summed E-state index contributed by atoms with van der Waals surface area (Å²) in [4.78, 5) is 37.7. The first-order chi connectivity index (χ1) is 15.4. The van der Waals surface area contributed by atoms with Gasteiger partial charge >= 0.3 is 5.97 Å². The van der Waals surface area contributed by atoms with Gasteiger partial charge in [0.15, 0.2) is 12.3 Å². The molecule has 0 radical (unpaired) electrons. The van der Waals surface area contributed by atoms with Gasteiger partial charge in [-0.15, -0.1) is 0 Å². The van der Waals surface area contributed by atoms with Gasteiger partial charge in [-0.1, -0.05) is 48.0 Å². The Morgan fingerprint density at radius 3 is 2.41 bits per heavy atom. The number of hydrogen-bond donors (Lipinski definition) is 1. The number of anilines is 1. The maximum Gasteiger partial charge on any atom is 0.359 e. The number of carbonyl (C=O) groups excluding carboxylic acids is 2. The highest BCUT2D eigenvalue weighted by Crippen LogP contribution is 2.19. The quantitative estimate of drug-likeness (QED) is 0.464. The van der Waals surface area contributed by atoms with Crippen LogP contribution in [0.4, 0.5) is 10.1 Å². The Balaban J connectivity index is 1.60. The second-order valence-corrected chi connectivity index (χ2v) is 7.13. The molecule has 9 heteroatoms. The molecule has 1 aromatic heterocycles. The van der Waals surface area contributed by atoms with Gasteiger partial charge in [0.1, 0.15) is 5.82 Å². The highest BCUT2D eigenvalue weighted by molar-refractivity contribution is 6.30. The summed E-state index contributed by atoms with van der Waals surface area (Å²) in [6.45, 7) is -0.679. The Kier molecular flexibility index (Phi) is 5.96. The van der Waals surface area contributed by atoms with E-state index < -0.39 is 29.9 Å². The molecule has 0 bridgehead atoms. The van der Waals surface area contributed by atoms with Crippen LogP contribution in [-0.4, -0.2) is 28.3 Å². The topological polar surface area (TPSA) is 90.3 Å². The average Bonchev–Trinajstić information content (AvgIpc) is 2.80. The standard InChI is InChI=1S/C23H15ClFN3O4/c24-14-10-11-19(18(25)12-14)26-20(29)13-32-23(31)21-16-8-4-5-9-17(16)22(30)28(27-21)15-6-2-1-3-7-15/h1-12H,13H2,(H,26,29). The number of amides is 1. The summed E-state index contributed by atoms with van der Waals surface area (Å²) < 4.78 is 20.0. The molecule has 4 aromatic rings. The van der Waals surface area contributed by atoms with Crippen LogP contribution < -0.4 is 10.9 Å². The second-order valence-electron chi connectivity index (χ2n) is 6.70. The zero-order chi connectivity index (χ0) is 22.7. The molecule has 32 heavy (non-hydrogen) atoms. The molecule has 1 N–H and O–H groups in total. The number of benzene rings is 3. The molecule has 4 rings (SSSR count). The summed E-state index contributed by atoms with van der Waals surface area (Å²) in [5.74, 6) is -2.38. The van der Waals surface area contributed by atoms with Crippen LogP contribution in [0.3, 0.4) is 0 Å². The van der Waals surface area contributed by atoms with Gasteiger partial charge in [-0.3, -0.25) is 9.59 Å². The van der Waals surface area contributed by atoms with E-state index in [0.29, 0.717) is 11.1 Å². The number of fused-ring (bicyclic) bond motifs is 1. The molecule has 1 heterocycles. The molecular formula is C23H15ClFN3O4. The Labute approximate surface area is 186 Å². The number of nitrogens with one attached hydrogen (secondary N) is 1. The van der Waals surface area contributed by atoms with E-state index in [1.165, 1.54) is 12.1 Å². The third kappa shape index (κ3) is 4.35. The first kappa shape index (κ1) is 21.2. The molecular weight excluding hydrogens is 437 g/mol. The van der Waals surface area contributed by atoms with Gasteiger partial charge in [-0.05, 0) is 36.4 Å². The molecule has 0 unspecified atom stereocenters. The molecule has 0 spiro atoms. The summed E-state index contributed by atoms with van der Waals surface area (Å²) in [6.07, 6.45) is 0. The van der Waals surface area contributed by atoms with Gasteiger partial charge in [-0.25, -0.2) is 9.18 Å². The van der Waals surface area contributed by atoms with E-state index in [9.17, 15) is 18.8 Å². The molecule has 3 aromatic carbocycles. The van der Waals surface area contributed by atoms with Crippen molar-refractivity contribution < 1.29 is 18.7 Å². The highest BCUT2D eigenvalue weighted by atomic mass is 35.5. The van der Waals surface area contributed by atoms with E-state index in [2.05, 4.69) is 10.4 Å². The molecule has 0 aliphatic rings. The summed E-state index contributed by atoms with van der Waals surface area (Å²) in [7, 11) is 0. The van der Waals surface area contributed by atoms with Crippen LogP contribution in [0.2, 0.25) is 5.02 Å². The largest absolute Gasteiger partial charge is 0.451 e. The van der Waals surface area contributed by atoms with Crippen LogP contribution in [0.5, 0.6) is 0 Å². The summed E-state index contributed by atoms with van der Waals surface area (Å²) in [6, 6.07) is 18.8. The van der Waals surface area contributed by atoms with Crippen LogP contribution in [0, 0.1) is 5.82 Å². The number of para-hydroxylation sites is 1. The van der Waals surface area contributed by atoms with Crippen molar-refractivity contribution in [3.63, 3.8) is 0 Å². The first-order valence-corrected chi connectivity index (χ1v) is 9.81. The lowest BCUT2D eigenvalue weighted by Gasteiger charge is -2.11. The number of esters is 1. The van der Waals surface area contributed by atoms with E-state index in [4.69, 9.17) is 16.3 Å². The SMILES string of the molecule is O=C(COC(=O)c1nn(-c2ccccc2)c(=O)c2ccccc12)Nc1ccc(Cl)cc1F. The summed E-state index contributed by atoms with van der Waals surface area (Å²) >= 11 is 5.69. The lowest BCUT2D eigenvalue weighted by atomic mass is 10.1. The minimum absolute atomic E-state index is 0.100. The van der Waals surface area contributed by atoms with Gasteiger partial charge in [0.05, 0.1) is 16.8 Å². The van der Waals surface area contributed by atoms with E-state index in [1.807, 2.05) is 0 Å². The van der Waals surface area contributed by atoms with E-state index in [-0.39, 0.29) is 21.8 Å². The maximum absolute atomic E-state index is 13.8. The zero-order valence-corrected chi connectivity index (χ0v) is 17.2. The number of halogens is 2.